The summed E-state index contributed by atoms with van der Waals surface area (Å²) in [6.45, 7) is 11.2. The van der Waals surface area contributed by atoms with Crippen molar-refractivity contribution in [1.29, 1.82) is 0 Å². The van der Waals surface area contributed by atoms with Gasteiger partial charge in [0.25, 0.3) is 0 Å². The predicted molar refractivity (Wildman–Crippen MR) is 42.1 cm³/mol. The van der Waals surface area contributed by atoms with Gasteiger partial charge in [-0.2, -0.15) is 0 Å². The lowest BCUT2D eigenvalue weighted by Gasteiger charge is -2.12. The molecule has 0 radical (unpaired) electrons. The Labute approximate surface area is 71.1 Å². The molecule has 1 atom stereocenters. The Balaban J connectivity index is 4.08. The molecule has 0 spiro atoms. The number of carbonyl (C=O) groups is 1. The van der Waals surface area contributed by atoms with E-state index in [9.17, 15) is 4.79 Å². The first-order chi connectivity index (χ1) is 4.89. The van der Waals surface area contributed by atoms with E-state index in [1.54, 1.807) is 0 Å². The Hall–Kier alpha value is -0.750. The normalized spacial score (nSPS) is 13.4. The number of nitrogens with zero attached hydrogens (tertiary/aromatic N) is 1. The van der Waals surface area contributed by atoms with Crippen LogP contribution in [0.25, 0.3) is 4.85 Å². The zero-order valence-corrected chi connectivity index (χ0v) is 7.47. The van der Waals surface area contributed by atoms with Crippen molar-refractivity contribution in [2.24, 2.45) is 0 Å². The lowest BCUT2D eigenvalue weighted by Crippen LogP contribution is -2.27. The molecule has 0 aromatic rings. The Kier molecular flexibility index (Phi) is 3.34. The Morgan fingerprint density at radius 1 is 1.73 bits per heavy atom. The molecular formula is C7H10ClNO2. The van der Waals surface area contributed by atoms with Gasteiger partial charge in [0.2, 0.25) is 0 Å². The van der Waals surface area contributed by atoms with Crippen LogP contribution in [0, 0.1) is 6.57 Å². The average Bonchev–Trinajstić information content (AvgIpc) is 1.87. The highest BCUT2D eigenvalue weighted by molar-refractivity contribution is 6.29. The number of halogens is 1. The van der Waals surface area contributed by atoms with Crippen LogP contribution in [0.1, 0.15) is 20.8 Å². The zero-order chi connectivity index (χ0) is 9.07. The standard InChI is InChI=1S/C7H10ClNO2/c1-5(8)6(10)11-7(2,3)9-4/h5H,1-3H3. The molecule has 0 saturated heterocycles. The maximum atomic E-state index is 10.8. The summed E-state index contributed by atoms with van der Waals surface area (Å²) in [6.07, 6.45) is 0. The molecule has 0 amide bonds. The SMILES string of the molecule is [C-]#[N+]C(C)(C)OC(=O)C(C)Cl. The molecule has 0 aromatic carbocycles. The lowest BCUT2D eigenvalue weighted by molar-refractivity contribution is -0.151. The first kappa shape index (κ1) is 10.2. The van der Waals surface area contributed by atoms with Gasteiger partial charge < -0.3 is 4.74 Å². The highest BCUT2D eigenvalue weighted by atomic mass is 35.5. The Bertz CT molecular complexity index is 193. The maximum absolute atomic E-state index is 10.8. The third-order valence-electron chi connectivity index (χ3n) is 0.944. The summed E-state index contributed by atoms with van der Waals surface area (Å²) in [6, 6.07) is 0. The third kappa shape index (κ3) is 3.84. The number of carbonyl (C=O) groups excluding carboxylic acids is 1. The number of alkyl halides is 1. The van der Waals surface area contributed by atoms with E-state index in [0.29, 0.717) is 0 Å². The van der Waals surface area contributed by atoms with Crippen LogP contribution < -0.4 is 0 Å². The van der Waals surface area contributed by atoms with Gasteiger partial charge in [0.05, 0.1) is 13.8 Å². The van der Waals surface area contributed by atoms with Crippen molar-refractivity contribution in [2.45, 2.75) is 31.9 Å². The molecule has 0 saturated carbocycles. The molecule has 0 aliphatic heterocycles. The van der Waals surface area contributed by atoms with E-state index >= 15 is 0 Å². The van der Waals surface area contributed by atoms with Crippen LogP contribution in [0.15, 0.2) is 0 Å². The highest BCUT2D eigenvalue weighted by Crippen LogP contribution is 2.12. The van der Waals surface area contributed by atoms with Crippen molar-refractivity contribution in [3.63, 3.8) is 0 Å². The van der Waals surface area contributed by atoms with Crippen LogP contribution in [0.4, 0.5) is 0 Å². The average molecular weight is 176 g/mol. The second-order valence-corrected chi connectivity index (χ2v) is 3.25. The molecular weight excluding hydrogens is 166 g/mol. The van der Waals surface area contributed by atoms with Crippen molar-refractivity contribution in [2.75, 3.05) is 0 Å². The van der Waals surface area contributed by atoms with Gasteiger partial charge in [0.15, 0.2) is 0 Å². The summed E-state index contributed by atoms with van der Waals surface area (Å²) < 4.78 is 4.72. The van der Waals surface area contributed by atoms with E-state index in [2.05, 4.69) is 4.85 Å². The lowest BCUT2D eigenvalue weighted by atomic mass is 10.3. The minimum absolute atomic E-state index is 0.562. The van der Waals surface area contributed by atoms with Crippen LogP contribution in [-0.2, 0) is 9.53 Å². The summed E-state index contributed by atoms with van der Waals surface area (Å²) in [5, 5.41) is -0.698. The van der Waals surface area contributed by atoms with Crippen molar-refractivity contribution in [1.82, 2.24) is 0 Å². The molecule has 0 fully saturated rings. The van der Waals surface area contributed by atoms with Crippen molar-refractivity contribution in [3.05, 3.63) is 11.4 Å². The van der Waals surface area contributed by atoms with E-state index in [1.165, 1.54) is 20.8 Å². The third-order valence-corrected chi connectivity index (χ3v) is 1.12. The number of esters is 1. The van der Waals surface area contributed by atoms with Crippen molar-refractivity contribution >= 4 is 17.6 Å². The molecule has 0 bridgehead atoms. The molecule has 0 aliphatic rings. The van der Waals surface area contributed by atoms with E-state index in [0.717, 1.165) is 0 Å². The van der Waals surface area contributed by atoms with Gasteiger partial charge in [-0.25, -0.2) is 6.57 Å². The van der Waals surface area contributed by atoms with E-state index < -0.39 is 17.1 Å². The first-order valence-electron chi connectivity index (χ1n) is 3.14. The molecule has 1 unspecified atom stereocenters. The Morgan fingerprint density at radius 3 is 2.45 bits per heavy atom. The maximum Gasteiger partial charge on any atom is 0.372 e. The number of ether oxygens (including phenoxy) is 1. The predicted octanol–water partition coefficient (Wildman–Crippen LogP) is 1.81. The van der Waals surface area contributed by atoms with Crippen LogP contribution in [0.5, 0.6) is 0 Å². The molecule has 3 nitrogen and oxygen atoms in total. The molecule has 0 aliphatic carbocycles. The van der Waals surface area contributed by atoms with Crippen molar-refractivity contribution in [3.8, 4) is 0 Å². The first-order valence-corrected chi connectivity index (χ1v) is 3.58. The van der Waals surface area contributed by atoms with Gasteiger partial charge in [-0.05, 0) is 6.92 Å². The monoisotopic (exact) mass is 175 g/mol. The fourth-order valence-electron chi connectivity index (χ4n) is 0.350. The molecule has 0 rings (SSSR count). The van der Waals surface area contributed by atoms with Crippen LogP contribution >= 0.6 is 11.6 Å². The molecule has 11 heavy (non-hydrogen) atoms. The van der Waals surface area contributed by atoms with Gasteiger partial charge in [-0.3, -0.25) is 9.64 Å². The van der Waals surface area contributed by atoms with Gasteiger partial charge in [-0.1, -0.05) is 0 Å². The summed E-state index contributed by atoms with van der Waals surface area (Å²) in [5.41, 5.74) is -1.10. The molecule has 0 N–H and O–H groups in total. The fourth-order valence-corrected chi connectivity index (χ4v) is 0.395. The molecule has 0 heterocycles. The van der Waals surface area contributed by atoms with Crippen LogP contribution in [-0.4, -0.2) is 17.1 Å². The van der Waals surface area contributed by atoms with Gasteiger partial charge in [0.1, 0.15) is 5.38 Å². The smallest absolute Gasteiger partial charge is 0.372 e. The summed E-state index contributed by atoms with van der Waals surface area (Å²) in [5.74, 6) is -0.562. The van der Waals surface area contributed by atoms with Gasteiger partial charge in [-0.15, -0.1) is 11.6 Å². The number of rotatable bonds is 2. The highest BCUT2D eigenvalue weighted by Gasteiger charge is 2.29. The summed E-state index contributed by atoms with van der Waals surface area (Å²) in [7, 11) is 0. The molecule has 4 heteroatoms. The Morgan fingerprint density at radius 2 is 2.18 bits per heavy atom. The van der Waals surface area contributed by atoms with Gasteiger partial charge in [0, 0.05) is 0 Å². The van der Waals surface area contributed by atoms with E-state index in [4.69, 9.17) is 22.9 Å². The minimum Gasteiger partial charge on any atom is -0.388 e. The van der Waals surface area contributed by atoms with Crippen LogP contribution in [0.2, 0.25) is 0 Å². The quantitative estimate of drug-likeness (QED) is 0.364. The second-order valence-electron chi connectivity index (χ2n) is 2.60. The largest absolute Gasteiger partial charge is 0.388 e. The summed E-state index contributed by atoms with van der Waals surface area (Å²) in [4.78, 5) is 13.9. The van der Waals surface area contributed by atoms with Gasteiger partial charge >= 0.3 is 11.7 Å². The number of hydrogen-bond donors (Lipinski definition) is 0. The van der Waals surface area contributed by atoms with E-state index in [1.807, 2.05) is 0 Å². The van der Waals surface area contributed by atoms with Crippen LogP contribution in [0.3, 0.4) is 0 Å². The van der Waals surface area contributed by atoms with E-state index in [-0.39, 0.29) is 0 Å². The molecule has 62 valence electrons. The van der Waals surface area contributed by atoms with Crippen molar-refractivity contribution < 1.29 is 9.53 Å². The zero-order valence-electron chi connectivity index (χ0n) is 6.72. The molecule has 0 aromatic heterocycles. The minimum atomic E-state index is -1.10. The fraction of sp³-hybridized carbons (Fsp3) is 0.714. The summed E-state index contributed by atoms with van der Waals surface area (Å²) >= 11 is 5.41. The number of hydrogen-bond acceptors (Lipinski definition) is 2. The topological polar surface area (TPSA) is 30.7 Å². The second kappa shape index (κ2) is 3.59.